The second-order valence-corrected chi connectivity index (χ2v) is 2.85. The molecule has 0 aliphatic heterocycles. The maximum Gasteiger partial charge on any atom is 0.416 e. The van der Waals surface area contributed by atoms with Crippen LogP contribution in [0.4, 0.5) is 17.6 Å². The molecule has 0 saturated carbocycles. The lowest BCUT2D eigenvalue weighted by Crippen LogP contribution is -2.06. The lowest BCUT2D eigenvalue weighted by Gasteiger charge is -2.08. The Labute approximate surface area is 81.3 Å². The summed E-state index contributed by atoms with van der Waals surface area (Å²) in [7, 11) is 0. The van der Waals surface area contributed by atoms with Crippen molar-refractivity contribution in [2.75, 3.05) is 0 Å². The molecule has 0 amide bonds. The van der Waals surface area contributed by atoms with E-state index in [1.54, 1.807) is 0 Å². The molecule has 1 aromatic rings. The van der Waals surface area contributed by atoms with Gasteiger partial charge in [0.2, 0.25) is 0 Å². The van der Waals surface area contributed by atoms with Gasteiger partial charge in [0.15, 0.2) is 6.29 Å². The molecule has 76 valence electrons. The Bertz CT molecular complexity index is 372. The SMILES string of the molecule is O=Cc1cc(C(F)(F)F)cc(F)c1Cl. The number of hydrogen-bond donors (Lipinski definition) is 0. The van der Waals surface area contributed by atoms with E-state index in [2.05, 4.69) is 0 Å². The van der Waals surface area contributed by atoms with Crippen LogP contribution in [0.5, 0.6) is 0 Å². The highest BCUT2D eigenvalue weighted by Gasteiger charge is 2.32. The van der Waals surface area contributed by atoms with Crippen LogP contribution >= 0.6 is 11.6 Å². The summed E-state index contributed by atoms with van der Waals surface area (Å²) in [6, 6.07) is 0.744. The lowest BCUT2D eigenvalue weighted by atomic mass is 10.1. The first kappa shape index (κ1) is 11.0. The van der Waals surface area contributed by atoms with Gasteiger partial charge in [-0.05, 0) is 12.1 Å². The summed E-state index contributed by atoms with van der Waals surface area (Å²) in [4.78, 5) is 10.2. The van der Waals surface area contributed by atoms with Gasteiger partial charge in [-0.25, -0.2) is 4.39 Å². The van der Waals surface area contributed by atoms with Crippen LogP contribution in [-0.4, -0.2) is 6.29 Å². The third kappa shape index (κ3) is 2.04. The number of halogens is 5. The predicted molar refractivity (Wildman–Crippen MR) is 41.8 cm³/mol. The molecule has 1 rings (SSSR count). The smallest absolute Gasteiger partial charge is 0.298 e. The highest BCUT2D eigenvalue weighted by Crippen LogP contribution is 2.32. The molecule has 0 spiro atoms. The summed E-state index contributed by atoms with van der Waals surface area (Å²) in [5, 5.41) is -0.604. The standard InChI is InChI=1S/C8H3ClF4O/c9-7-4(3-14)1-5(2-6(7)10)8(11,12)13/h1-3H. The van der Waals surface area contributed by atoms with E-state index in [-0.39, 0.29) is 12.4 Å². The van der Waals surface area contributed by atoms with Crippen molar-refractivity contribution < 1.29 is 22.4 Å². The molecule has 0 bridgehead atoms. The molecule has 0 fully saturated rings. The second-order valence-electron chi connectivity index (χ2n) is 2.48. The molecular formula is C8H3ClF4O. The average molecular weight is 227 g/mol. The number of rotatable bonds is 1. The van der Waals surface area contributed by atoms with Gasteiger partial charge in [-0.3, -0.25) is 4.79 Å². The van der Waals surface area contributed by atoms with Gasteiger partial charge in [0.05, 0.1) is 10.6 Å². The van der Waals surface area contributed by atoms with Crippen molar-refractivity contribution in [2.24, 2.45) is 0 Å². The van der Waals surface area contributed by atoms with Crippen molar-refractivity contribution >= 4 is 17.9 Å². The molecule has 0 radical (unpaired) electrons. The zero-order valence-electron chi connectivity index (χ0n) is 6.53. The average Bonchev–Trinajstić information content (AvgIpc) is 2.07. The highest BCUT2D eigenvalue weighted by molar-refractivity contribution is 6.33. The Hall–Kier alpha value is -1.10. The maximum atomic E-state index is 12.8. The summed E-state index contributed by atoms with van der Waals surface area (Å²) in [6.07, 6.45) is -4.62. The Balaban J connectivity index is 3.37. The van der Waals surface area contributed by atoms with Gasteiger partial charge >= 0.3 is 6.18 Å². The van der Waals surface area contributed by atoms with Gasteiger partial charge in [-0.2, -0.15) is 13.2 Å². The molecule has 1 aromatic carbocycles. The topological polar surface area (TPSA) is 17.1 Å². The Morgan fingerprint density at radius 3 is 2.29 bits per heavy atom. The first-order valence-corrected chi connectivity index (χ1v) is 3.75. The highest BCUT2D eigenvalue weighted by atomic mass is 35.5. The van der Waals surface area contributed by atoms with E-state index in [9.17, 15) is 22.4 Å². The van der Waals surface area contributed by atoms with Crippen LogP contribution in [0, 0.1) is 5.82 Å². The number of benzene rings is 1. The molecule has 0 aromatic heterocycles. The van der Waals surface area contributed by atoms with E-state index in [0.717, 1.165) is 0 Å². The first-order chi connectivity index (χ1) is 6.36. The minimum absolute atomic E-state index is 0.0701. The predicted octanol–water partition coefficient (Wildman–Crippen LogP) is 3.31. The molecule has 14 heavy (non-hydrogen) atoms. The van der Waals surface area contributed by atoms with Gasteiger partial charge in [0.1, 0.15) is 5.82 Å². The largest absolute Gasteiger partial charge is 0.416 e. The van der Waals surface area contributed by atoms with Crippen molar-refractivity contribution in [3.63, 3.8) is 0 Å². The molecule has 0 N–H and O–H groups in total. The molecular weight excluding hydrogens is 224 g/mol. The van der Waals surface area contributed by atoms with Crippen molar-refractivity contribution in [1.29, 1.82) is 0 Å². The van der Waals surface area contributed by atoms with Crippen LogP contribution in [0.25, 0.3) is 0 Å². The third-order valence-electron chi connectivity index (χ3n) is 1.51. The molecule has 0 heterocycles. The van der Waals surface area contributed by atoms with E-state index in [1.807, 2.05) is 0 Å². The number of aldehydes is 1. The Morgan fingerprint density at radius 2 is 1.86 bits per heavy atom. The monoisotopic (exact) mass is 226 g/mol. The first-order valence-electron chi connectivity index (χ1n) is 3.37. The molecule has 0 aliphatic carbocycles. The van der Waals surface area contributed by atoms with Gasteiger partial charge < -0.3 is 0 Å². The summed E-state index contributed by atoms with van der Waals surface area (Å²) < 4.78 is 49.0. The fraction of sp³-hybridized carbons (Fsp3) is 0.125. The van der Waals surface area contributed by atoms with Crippen LogP contribution in [0.1, 0.15) is 15.9 Å². The third-order valence-corrected chi connectivity index (χ3v) is 1.91. The fourth-order valence-electron chi connectivity index (χ4n) is 0.860. The number of carbonyl (C=O) groups is 1. The van der Waals surface area contributed by atoms with E-state index >= 15 is 0 Å². The number of carbonyl (C=O) groups excluding carboxylic acids is 1. The van der Waals surface area contributed by atoms with E-state index < -0.39 is 28.1 Å². The molecule has 0 unspecified atom stereocenters. The van der Waals surface area contributed by atoms with Crippen LogP contribution in [0.2, 0.25) is 5.02 Å². The fourth-order valence-corrected chi connectivity index (χ4v) is 1.01. The van der Waals surface area contributed by atoms with Crippen molar-refractivity contribution in [3.05, 3.63) is 34.1 Å². The molecule has 1 nitrogen and oxygen atoms in total. The van der Waals surface area contributed by atoms with Crippen molar-refractivity contribution in [2.45, 2.75) is 6.18 Å². The van der Waals surface area contributed by atoms with Crippen molar-refractivity contribution in [1.82, 2.24) is 0 Å². The number of hydrogen-bond acceptors (Lipinski definition) is 1. The van der Waals surface area contributed by atoms with Gasteiger partial charge in [0.25, 0.3) is 0 Å². The van der Waals surface area contributed by atoms with E-state index in [0.29, 0.717) is 6.07 Å². The molecule has 0 atom stereocenters. The quantitative estimate of drug-likeness (QED) is 0.530. The van der Waals surface area contributed by atoms with E-state index in [1.165, 1.54) is 0 Å². The molecule has 0 saturated heterocycles. The van der Waals surface area contributed by atoms with Crippen LogP contribution in [-0.2, 0) is 6.18 Å². The summed E-state index contributed by atoms with van der Waals surface area (Å²) in [5.41, 5.74) is -1.75. The summed E-state index contributed by atoms with van der Waals surface area (Å²) in [5.74, 6) is -1.26. The summed E-state index contributed by atoms with van der Waals surface area (Å²) >= 11 is 5.24. The van der Waals surface area contributed by atoms with Crippen LogP contribution in [0.3, 0.4) is 0 Å². The normalized spacial score (nSPS) is 11.5. The van der Waals surface area contributed by atoms with Crippen LogP contribution in [0.15, 0.2) is 12.1 Å². The van der Waals surface area contributed by atoms with Gasteiger partial charge in [-0.15, -0.1) is 0 Å². The maximum absolute atomic E-state index is 12.8. The van der Waals surface area contributed by atoms with Crippen LogP contribution < -0.4 is 0 Å². The van der Waals surface area contributed by atoms with Crippen molar-refractivity contribution in [3.8, 4) is 0 Å². The summed E-state index contributed by atoms with van der Waals surface area (Å²) in [6.45, 7) is 0. The van der Waals surface area contributed by atoms with E-state index in [4.69, 9.17) is 11.6 Å². The van der Waals surface area contributed by atoms with Gasteiger partial charge in [-0.1, -0.05) is 11.6 Å². The minimum Gasteiger partial charge on any atom is -0.298 e. The number of alkyl halides is 3. The molecule has 6 heteroatoms. The lowest BCUT2D eigenvalue weighted by molar-refractivity contribution is -0.137. The Kier molecular flexibility index (Phi) is 2.80. The molecule has 0 aliphatic rings. The Morgan fingerprint density at radius 1 is 1.29 bits per heavy atom. The zero-order chi connectivity index (χ0) is 10.9. The zero-order valence-corrected chi connectivity index (χ0v) is 7.29. The minimum atomic E-state index is -4.69. The van der Waals surface area contributed by atoms with Gasteiger partial charge in [0, 0.05) is 5.56 Å². The second kappa shape index (κ2) is 3.57.